The maximum atomic E-state index is 12.1. The number of hydrogen-bond donors (Lipinski definition) is 3. The molecule has 3 N–H and O–H groups in total. The van der Waals surface area contributed by atoms with Crippen LogP contribution in [0, 0.1) is 11.8 Å². The molecular formula is C31H40N6O5. The van der Waals surface area contributed by atoms with Gasteiger partial charge >= 0.3 is 12.1 Å². The highest BCUT2D eigenvalue weighted by molar-refractivity contribution is 5.92. The van der Waals surface area contributed by atoms with Gasteiger partial charge in [0.15, 0.2) is 5.65 Å². The molecule has 11 heteroatoms. The van der Waals surface area contributed by atoms with E-state index < -0.39 is 11.6 Å². The molecule has 0 bridgehead atoms. The van der Waals surface area contributed by atoms with Crippen LogP contribution >= 0.6 is 0 Å². The summed E-state index contributed by atoms with van der Waals surface area (Å²) >= 11 is 0. The van der Waals surface area contributed by atoms with E-state index in [1.165, 1.54) is 5.56 Å². The highest BCUT2D eigenvalue weighted by Crippen LogP contribution is 2.30. The van der Waals surface area contributed by atoms with Gasteiger partial charge in [-0.2, -0.15) is 4.98 Å². The molecule has 0 atom stereocenters. The van der Waals surface area contributed by atoms with Gasteiger partial charge in [0.05, 0.1) is 11.6 Å². The second kappa shape index (κ2) is 12.5. The second-order valence-electron chi connectivity index (χ2n) is 12.4. The lowest BCUT2D eigenvalue weighted by Crippen LogP contribution is -2.45. The van der Waals surface area contributed by atoms with Crippen molar-refractivity contribution in [2.45, 2.75) is 77.5 Å². The molecule has 6 rings (SSSR count). The number of piperidine rings is 1. The third kappa shape index (κ3) is 8.28. The van der Waals surface area contributed by atoms with E-state index in [0.717, 1.165) is 69.4 Å². The number of amides is 2. The minimum absolute atomic E-state index is 0.00136. The Hall–Kier alpha value is -3.99. The molecule has 2 amide bonds. The van der Waals surface area contributed by atoms with Gasteiger partial charge in [-0.3, -0.25) is 19.8 Å². The largest absolute Gasteiger partial charge is 0.481 e. The smallest absolute Gasteiger partial charge is 0.407 e. The van der Waals surface area contributed by atoms with Crippen LogP contribution in [-0.4, -0.2) is 67.3 Å². The summed E-state index contributed by atoms with van der Waals surface area (Å²) in [5, 5.41) is 18.4. The van der Waals surface area contributed by atoms with Crippen LogP contribution in [0.15, 0.2) is 42.5 Å². The number of rotatable bonds is 7. The number of alkyl carbamates (subject to hydrolysis) is 1. The van der Waals surface area contributed by atoms with E-state index in [2.05, 4.69) is 49.9 Å². The van der Waals surface area contributed by atoms with E-state index in [9.17, 15) is 14.4 Å². The normalized spacial score (nSPS) is 17.7. The Labute approximate surface area is 245 Å². The molecule has 0 unspecified atom stereocenters. The van der Waals surface area contributed by atoms with Crippen LogP contribution in [0.5, 0.6) is 0 Å². The van der Waals surface area contributed by atoms with Crippen molar-refractivity contribution < 1.29 is 24.2 Å². The number of carbonyl (C=O) groups is 3. The van der Waals surface area contributed by atoms with E-state index in [4.69, 9.17) is 9.84 Å². The van der Waals surface area contributed by atoms with Crippen molar-refractivity contribution in [2.24, 2.45) is 11.8 Å². The van der Waals surface area contributed by atoms with E-state index in [1.54, 1.807) is 4.52 Å². The molecule has 224 valence electrons. The summed E-state index contributed by atoms with van der Waals surface area (Å²) in [6, 6.07) is 14.5. The number of pyridine rings is 1. The van der Waals surface area contributed by atoms with Crippen molar-refractivity contribution in [2.75, 3.05) is 18.4 Å². The van der Waals surface area contributed by atoms with Crippen LogP contribution in [0.25, 0.3) is 16.9 Å². The Morgan fingerprint density at radius 3 is 2.19 bits per heavy atom. The molecule has 3 fully saturated rings. The van der Waals surface area contributed by atoms with Gasteiger partial charge in [0, 0.05) is 37.2 Å². The van der Waals surface area contributed by atoms with Crippen molar-refractivity contribution in [3.05, 3.63) is 48.0 Å². The van der Waals surface area contributed by atoms with E-state index >= 15 is 0 Å². The van der Waals surface area contributed by atoms with Crippen molar-refractivity contribution in [3.8, 4) is 11.3 Å². The van der Waals surface area contributed by atoms with Crippen LogP contribution in [0.4, 0.5) is 10.7 Å². The molecule has 11 nitrogen and oxygen atoms in total. The summed E-state index contributed by atoms with van der Waals surface area (Å²) in [6.07, 6.45) is 5.16. The highest BCUT2D eigenvalue weighted by atomic mass is 16.6. The number of aliphatic carboxylic acids is 1. The van der Waals surface area contributed by atoms with E-state index in [0.29, 0.717) is 11.6 Å². The summed E-state index contributed by atoms with van der Waals surface area (Å²) in [6.45, 7) is 8.34. The van der Waals surface area contributed by atoms with Gasteiger partial charge in [-0.05, 0) is 77.0 Å². The Bertz CT molecular complexity index is 1410. The molecule has 0 spiro atoms. The number of hydrogen-bond acceptors (Lipinski definition) is 7. The summed E-state index contributed by atoms with van der Waals surface area (Å²) in [5.74, 6) is -0.155. The molecule has 1 saturated heterocycles. The fraction of sp³-hybridized carbons (Fsp3) is 0.516. The SMILES string of the molecule is CC(C)(C)OC(=O)NC1CCN(Cc2ccc(-c3cccc4nc(NC(=O)C5CC5)nn34)cc2)CC1.O=C(O)C1CC1. The molecule has 3 aliphatic rings. The molecule has 3 heterocycles. The number of carbonyl (C=O) groups excluding carboxylic acids is 2. The van der Waals surface area contributed by atoms with Gasteiger partial charge in [-0.15, -0.1) is 5.10 Å². The number of ether oxygens (including phenoxy) is 1. The average Bonchev–Trinajstić information content (AvgIpc) is 3.85. The van der Waals surface area contributed by atoms with Crippen molar-refractivity contribution in [3.63, 3.8) is 0 Å². The number of benzene rings is 1. The molecular weight excluding hydrogens is 536 g/mol. The van der Waals surface area contributed by atoms with Gasteiger partial charge in [0.1, 0.15) is 5.60 Å². The lowest BCUT2D eigenvalue weighted by atomic mass is 10.0. The van der Waals surface area contributed by atoms with Crippen LogP contribution < -0.4 is 10.6 Å². The molecule has 3 aromatic rings. The number of nitrogens with one attached hydrogen (secondary N) is 2. The van der Waals surface area contributed by atoms with Crippen molar-refractivity contribution >= 4 is 29.6 Å². The summed E-state index contributed by atoms with van der Waals surface area (Å²) in [5.41, 5.74) is 3.41. The number of anilines is 1. The van der Waals surface area contributed by atoms with Gasteiger partial charge in [-0.25, -0.2) is 9.31 Å². The first-order valence-corrected chi connectivity index (χ1v) is 14.7. The number of likely N-dealkylation sites (tertiary alicyclic amines) is 1. The van der Waals surface area contributed by atoms with E-state index in [1.807, 2.05) is 39.0 Å². The Balaban J connectivity index is 0.000000524. The minimum Gasteiger partial charge on any atom is -0.481 e. The maximum absolute atomic E-state index is 12.1. The lowest BCUT2D eigenvalue weighted by molar-refractivity contribution is -0.138. The Morgan fingerprint density at radius 1 is 0.952 bits per heavy atom. The maximum Gasteiger partial charge on any atom is 0.407 e. The van der Waals surface area contributed by atoms with Crippen molar-refractivity contribution in [1.29, 1.82) is 0 Å². The standard InChI is InChI=1S/C27H34N6O3.C4H6O2/c1-27(2,3)36-26(35)28-21-13-15-32(16-14-21)17-18-7-9-19(10-8-18)22-5-4-6-23-29-25(31-33(22)23)30-24(34)20-11-12-20;5-4(6)3-1-2-3/h4-10,20-21H,11-17H2,1-3H3,(H,28,35)(H,30,31,34);3H,1-2H2,(H,5,6). The first kappa shape index (κ1) is 29.5. The number of carboxylic acids is 1. The molecule has 2 aromatic heterocycles. The molecule has 0 radical (unpaired) electrons. The highest BCUT2D eigenvalue weighted by Gasteiger charge is 2.30. The fourth-order valence-electron chi connectivity index (χ4n) is 4.81. The van der Waals surface area contributed by atoms with Crippen LogP contribution in [0.1, 0.15) is 64.9 Å². The monoisotopic (exact) mass is 576 g/mol. The molecule has 2 aliphatic carbocycles. The summed E-state index contributed by atoms with van der Waals surface area (Å²) < 4.78 is 7.15. The third-order valence-electron chi connectivity index (χ3n) is 7.43. The zero-order valence-corrected chi connectivity index (χ0v) is 24.5. The predicted molar refractivity (Wildman–Crippen MR) is 158 cm³/mol. The number of carboxylic acid groups (broad SMARTS) is 1. The van der Waals surface area contributed by atoms with Gasteiger partial charge < -0.3 is 15.2 Å². The Morgan fingerprint density at radius 2 is 1.62 bits per heavy atom. The third-order valence-corrected chi connectivity index (χ3v) is 7.43. The zero-order valence-electron chi connectivity index (χ0n) is 24.5. The molecule has 42 heavy (non-hydrogen) atoms. The number of fused-ring (bicyclic) bond motifs is 1. The second-order valence-corrected chi connectivity index (χ2v) is 12.4. The van der Waals surface area contributed by atoms with Gasteiger partial charge in [0.2, 0.25) is 11.9 Å². The molecule has 1 aromatic carbocycles. The van der Waals surface area contributed by atoms with Gasteiger partial charge in [0.25, 0.3) is 0 Å². The average molecular weight is 577 g/mol. The van der Waals surface area contributed by atoms with Crippen LogP contribution in [0.3, 0.4) is 0 Å². The number of nitrogens with zero attached hydrogens (tertiary/aromatic N) is 4. The first-order valence-electron chi connectivity index (χ1n) is 14.7. The lowest BCUT2D eigenvalue weighted by Gasteiger charge is -2.32. The molecule has 2 saturated carbocycles. The summed E-state index contributed by atoms with van der Waals surface area (Å²) in [7, 11) is 0. The summed E-state index contributed by atoms with van der Waals surface area (Å²) in [4.78, 5) is 40.8. The molecule has 1 aliphatic heterocycles. The first-order chi connectivity index (χ1) is 20.0. The van der Waals surface area contributed by atoms with Crippen molar-refractivity contribution in [1.82, 2.24) is 24.8 Å². The zero-order chi connectivity index (χ0) is 29.9. The topological polar surface area (TPSA) is 138 Å². The van der Waals surface area contributed by atoms with E-state index in [-0.39, 0.29) is 29.9 Å². The Kier molecular flexibility index (Phi) is 8.77. The predicted octanol–water partition coefficient (Wildman–Crippen LogP) is 4.71. The minimum atomic E-state index is -0.630. The van der Waals surface area contributed by atoms with Gasteiger partial charge in [-0.1, -0.05) is 30.3 Å². The fourth-order valence-corrected chi connectivity index (χ4v) is 4.81. The van der Waals surface area contributed by atoms with Crippen LogP contribution in [0.2, 0.25) is 0 Å². The van der Waals surface area contributed by atoms with Crippen LogP contribution in [-0.2, 0) is 20.9 Å². The number of aromatic nitrogens is 3. The quantitative estimate of drug-likeness (QED) is 0.368.